The van der Waals surface area contributed by atoms with Gasteiger partial charge in [-0.2, -0.15) is 9.36 Å². The van der Waals surface area contributed by atoms with Gasteiger partial charge in [0.05, 0.1) is 11.3 Å². The van der Waals surface area contributed by atoms with Crippen LogP contribution in [0.2, 0.25) is 0 Å². The van der Waals surface area contributed by atoms with E-state index in [-0.39, 0.29) is 17.9 Å². The number of nitrogens with one attached hydrogen (secondary N) is 1. The van der Waals surface area contributed by atoms with Crippen molar-refractivity contribution in [1.29, 1.82) is 0 Å². The first-order valence-electron chi connectivity index (χ1n) is 7.25. The average molecular weight is 322 g/mol. The maximum Gasteiger partial charge on any atom is 0.254 e. The molecule has 0 aliphatic carbocycles. The number of hydrogen-bond acceptors (Lipinski definition) is 7. The fourth-order valence-corrected chi connectivity index (χ4v) is 3.29. The Labute approximate surface area is 132 Å². The summed E-state index contributed by atoms with van der Waals surface area (Å²) in [4.78, 5) is 16.8. The van der Waals surface area contributed by atoms with Crippen LogP contribution in [-0.4, -0.2) is 33.6 Å². The number of aryl methyl sites for hydroxylation is 2. The molecule has 2 aromatic heterocycles. The van der Waals surface area contributed by atoms with Gasteiger partial charge in [0.1, 0.15) is 6.04 Å². The first-order chi connectivity index (χ1) is 10.6. The molecule has 8 heteroatoms. The Morgan fingerprint density at radius 1 is 1.41 bits per heavy atom. The van der Waals surface area contributed by atoms with E-state index in [2.05, 4.69) is 19.8 Å². The van der Waals surface area contributed by atoms with Crippen molar-refractivity contribution in [2.24, 2.45) is 5.92 Å². The molecule has 3 heterocycles. The zero-order chi connectivity index (χ0) is 15.5. The molecular formula is C14H18N4O3S. The minimum absolute atomic E-state index is 0.154. The Bertz CT molecular complexity index is 648. The smallest absolute Gasteiger partial charge is 0.254 e. The minimum atomic E-state index is -0.295. The lowest BCUT2D eigenvalue weighted by atomic mass is 9.91. The molecule has 118 valence electrons. The molecule has 0 saturated carbocycles. The van der Waals surface area contributed by atoms with E-state index in [9.17, 15) is 4.79 Å². The third-order valence-corrected chi connectivity index (χ3v) is 4.55. The van der Waals surface area contributed by atoms with Crippen LogP contribution in [0.25, 0.3) is 0 Å². The lowest BCUT2D eigenvalue weighted by molar-refractivity contribution is 0.0467. The SMILES string of the molecule is Cc1noc([C@@H](NC(=O)c2csnc2C)C2CCOCC2)n1. The average Bonchev–Trinajstić information content (AvgIpc) is 3.14. The van der Waals surface area contributed by atoms with Gasteiger partial charge in [-0.15, -0.1) is 0 Å². The highest BCUT2D eigenvalue weighted by Gasteiger charge is 2.31. The third-order valence-electron chi connectivity index (χ3n) is 3.83. The van der Waals surface area contributed by atoms with Crippen molar-refractivity contribution in [1.82, 2.24) is 19.8 Å². The molecule has 0 spiro atoms. The van der Waals surface area contributed by atoms with Gasteiger partial charge < -0.3 is 14.6 Å². The zero-order valence-corrected chi connectivity index (χ0v) is 13.4. The molecule has 1 fully saturated rings. The second kappa shape index (κ2) is 6.53. The molecule has 0 bridgehead atoms. The summed E-state index contributed by atoms with van der Waals surface area (Å²) in [5.74, 6) is 1.09. The van der Waals surface area contributed by atoms with E-state index in [1.54, 1.807) is 12.3 Å². The quantitative estimate of drug-likeness (QED) is 0.926. The van der Waals surface area contributed by atoms with Crippen molar-refractivity contribution in [3.05, 3.63) is 28.4 Å². The summed E-state index contributed by atoms with van der Waals surface area (Å²) in [5.41, 5.74) is 1.33. The van der Waals surface area contributed by atoms with Crippen molar-refractivity contribution in [2.45, 2.75) is 32.7 Å². The summed E-state index contributed by atoms with van der Waals surface area (Å²) in [7, 11) is 0. The molecule has 1 N–H and O–H groups in total. The number of aromatic nitrogens is 3. The van der Waals surface area contributed by atoms with Crippen LogP contribution in [0.4, 0.5) is 0 Å². The van der Waals surface area contributed by atoms with Crippen LogP contribution in [-0.2, 0) is 4.74 Å². The van der Waals surface area contributed by atoms with Gasteiger partial charge in [-0.3, -0.25) is 4.79 Å². The van der Waals surface area contributed by atoms with Crippen LogP contribution in [0.1, 0.15) is 46.7 Å². The van der Waals surface area contributed by atoms with Gasteiger partial charge >= 0.3 is 0 Å². The molecule has 2 aromatic rings. The normalized spacial score (nSPS) is 17.4. The third kappa shape index (κ3) is 3.17. The molecule has 1 amide bonds. The Morgan fingerprint density at radius 2 is 2.18 bits per heavy atom. The first kappa shape index (κ1) is 15.1. The lowest BCUT2D eigenvalue weighted by Gasteiger charge is -2.28. The van der Waals surface area contributed by atoms with Gasteiger partial charge in [-0.25, -0.2) is 0 Å². The molecular weight excluding hydrogens is 304 g/mol. The van der Waals surface area contributed by atoms with E-state index >= 15 is 0 Å². The van der Waals surface area contributed by atoms with Crippen LogP contribution in [0, 0.1) is 19.8 Å². The monoisotopic (exact) mass is 322 g/mol. The standard InChI is InChI=1S/C14H18N4O3S/c1-8-11(7-22-18-8)13(19)16-12(10-3-5-20-6-4-10)14-15-9(2)17-21-14/h7,10,12H,3-6H2,1-2H3,(H,16,19)/t12-/m0/s1. The Morgan fingerprint density at radius 3 is 2.77 bits per heavy atom. The summed E-state index contributed by atoms with van der Waals surface area (Å²) in [6.07, 6.45) is 1.71. The van der Waals surface area contributed by atoms with Gasteiger partial charge in [0, 0.05) is 18.6 Å². The van der Waals surface area contributed by atoms with Crippen molar-refractivity contribution in [3.8, 4) is 0 Å². The van der Waals surface area contributed by atoms with Gasteiger partial charge in [0.15, 0.2) is 5.82 Å². The van der Waals surface area contributed by atoms with E-state index in [4.69, 9.17) is 9.26 Å². The van der Waals surface area contributed by atoms with Crippen molar-refractivity contribution in [3.63, 3.8) is 0 Å². The molecule has 0 unspecified atom stereocenters. The van der Waals surface area contributed by atoms with Crippen LogP contribution >= 0.6 is 11.5 Å². The van der Waals surface area contributed by atoms with Crippen LogP contribution in [0.3, 0.4) is 0 Å². The van der Waals surface area contributed by atoms with E-state index in [1.807, 2.05) is 6.92 Å². The highest BCUT2D eigenvalue weighted by Crippen LogP contribution is 2.29. The summed E-state index contributed by atoms with van der Waals surface area (Å²) < 4.78 is 14.8. The molecule has 1 atom stereocenters. The second-order valence-corrected chi connectivity index (χ2v) is 6.02. The number of carbonyl (C=O) groups excluding carboxylic acids is 1. The van der Waals surface area contributed by atoms with Gasteiger partial charge in [0.2, 0.25) is 5.89 Å². The van der Waals surface area contributed by atoms with Gasteiger partial charge in [-0.1, -0.05) is 5.16 Å². The maximum atomic E-state index is 12.5. The molecule has 7 nitrogen and oxygen atoms in total. The number of nitrogens with zero attached hydrogens (tertiary/aromatic N) is 3. The summed E-state index contributed by atoms with van der Waals surface area (Å²) in [6.45, 7) is 4.96. The second-order valence-electron chi connectivity index (χ2n) is 5.39. The van der Waals surface area contributed by atoms with Crippen molar-refractivity contribution >= 4 is 17.4 Å². The van der Waals surface area contributed by atoms with Crippen molar-refractivity contribution < 1.29 is 14.1 Å². The fourth-order valence-electron chi connectivity index (χ4n) is 2.60. The molecule has 0 radical (unpaired) electrons. The Kier molecular flexibility index (Phi) is 4.49. The van der Waals surface area contributed by atoms with E-state index in [0.717, 1.165) is 18.5 Å². The Hall–Kier alpha value is -1.80. The molecule has 1 aliphatic rings. The van der Waals surface area contributed by atoms with E-state index in [1.165, 1.54) is 11.5 Å². The number of amides is 1. The Balaban J connectivity index is 1.82. The fraction of sp³-hybridized carbons (Fsp3) is 0.571. The van der Waals surface area contributed by atoms with Gasteiger partial charge in [0.25, 0.3) is 5.91 Å². The predicted molar refractivity (Wildman–Crippen MR) is 79.6 cm³/mol. The molecule has 0 aromatic carbocycles. The molecule has 1 aliphatic heterocycles. The summed E-state index contributed by atoms with van der Waals surface area (Å²) in [6, 6.07) is -0.295. The number of rotatable bonds is 4. The first-order valence-corrected chi connectivity index (χ1v) is 8.08. The summed E-state index contributed by atoms with van der Waals surface area (Å²) >= 11 is 1.27. The van der Waals surface area contributed by atoms with E-state index in [0.29, 0.717) is 30.5 Å². The molecule has 22 heavy (non-hydrogen) atoms. The minimum Gasteiger partial charge on any atom is -0.381 e. The number of carbonyl (C=O) groups is 1. The topological polar surface area (TPSA) is 90.1 Å². The van der Waals surface area contributed by atoms with Crippen LogP contribution in [0.15, 0.2) is 9.90 Å². The number of ether oxygens (including phenoxy) is 1. The maximum absolute atomic E-state index is 12.5. The molecule has 3 rings (SSSR count). The van der Waals surface area contributed by atoms with E-state index < -0.39 is 0 Å². The lowest BCUT2D eigenvalue weighted by Crippen LogP contribution is -2.36. The van der Waals surface area contributed by atoms with Crippen LogP contribution in [0.5, 0.6) is 0 Å². The van der Waals surface area contributed by atoms with Gasteiger partial charge in [-0.05, 0) is 44.1 Å². The summed E-state index contributed by atoms with van der Waals surface area (Å²) in [5, 5.41) is 8.63. The predicted octanol–water partition coefficient (Wildman–Crippen LogP) is 2.04. The highest BCUT2D eigenvalue weighted by molar-refractivity contribution is 7.03. The largest absolute Gasteiger partial charge is 0.381 e. The van der Waals surface area contributed by atoms with Crippen molar-refractivity contribution in [2.75, 3.05) is 13.2 Å². The number of hydrogen-bond donors (Lipinski definition) is 1. The highest BCUT2D eigenvalue weighted by atomic mass is 32.1. The molecule has 1 saturated heterocycles. The zero-order valence-electron chi connectivity index (χ0n) is 12.5. The van der Waals surface area contributed by atoms with Crippen LogP contribution < -0.4 is 5.32 Å².